The molecule has 2 aliphatic rings. The Morgan fingerprint density at radius 3 is 2.66 bits per heavy atom. The predicted octanol–water partition coefficient (Wildman–Crippen LogP) is 3.55. The Balaban J connectivity index is 1.32. The van der Waals surface area contributed by atoms with Gasteiger partial charge < -0.3 is 10.4 Å². The number of carbonyl (C=O) groups excluding carboxylic acids is 1. The van der Waals surface area contributed by atoms with Crippen molar-refractivity contribution >= 4 is 28.3 Å². The van der Waals surface area contributed by atoms with Crippen LogP contribution in [0.4, 0.5) is 5.69 Å². The van der Waals surface area contributed by atoms with Gasteiger partial charge in [-0.2, -0.15) is 5.10 Å². The molecule has 4 atom stereocenters. The number of hydrogen-bond donors (Lipinski definition) is 2. The Morgan fingerprint density at radius 1 is 1.07 bits per heavy atom. The number of hydrogen-bond acceptors (Lipinski definition) is 3. The molecule has 1 fully saturated rings. The largest absolute Gasteiger partial charge is 0.481 e. The van der Waals surface area contributed by atoms with E-state index in [1.54, 1.807) is 17.1 Å². The smallest absolute Gasteiger partial charge is 0.307 e. The molecule has 1 amide bonds. The lowest BCUT2D eigenvalue weighted by Crippen LogP contribution is -2.36. The number of carbonyl (C=O) groups is 2. The number of nitrogens with zero attached hydrogens (tertiary/aromatic N) is 2. The van der Waals surface area contributed by atoms with Gasteiger partial charge in [0.2, 0.25) is 5.91 Å². The Labute approximate surface area is 167 Å². The van der Waals surface area contributed by atoms with Gasteiger partial charge in [-0.25, -0.2) is 0 Å². The number of carboxylic acids is 1. The van der Waals surface area contributed by atoms with Gasteiger partial charge in [0.05, 0.1) is 30.3 Å². The normalized spacial score (nSPS) is 24.8. The summed E-state index contributed by atoms with van der Waals surface area (Å²) >= 11 is 0. The molecule has 2 bridgehead atoms. The number of aliphatic carboxylic acids is 1. The van der Waals surface area contributed by atoms with Crippen molar-refractivity contribution < 1.29 is 14.7 Å². The van der Waals surface area contributed by atoms with E-state index in [2.05, 4.69) is 34.7 Å². The summed E-state index contributed by atoms with van der Waals surface area (Å²) in [7, 11) is 0. The lowest BCUT2D eigenvalue weighted by Gasteiger charge is -2.23. The lowest BCUT2D eigenvalue weighted by molar-refractivity contribution is -0.146. The fourth-order valence-corrected chi connectivity index (χ4v) is 4.86. The van der Waals surface area contributed by atoms with Crippen LogP contribution in [0, 0.1) is 23.7 Å². The number of nitrogens with one attached hydrogen (secondary N) is 1. The first kappa shape index (κ1) is 17.7. The summed E-state index contributed by atoms with van der Waals surface area (Å²) in [6, 6.07) is 14.4. The molecule has 5 rings (SSSR count). The van der Waals surface area contributed by atoms with Crippen molar-refractivity contribution in [3.8, 4) is 0 Å². The highest BCUT2D eigenvalue weighted by atomic mass is 16.4. The number of aromatic nitrogens is 2. The first-order valence-electron chi connectivity index (χ1n) is 9.81. The van der Waals surface area contributed by atoms with Crippen LogP contribution >= 0.6 is 0 Å². The van der Waals surface area contributed by atoms with Crippen molar-refractivity contribution in [1.29, 1.82) is 0 Å². The monoisotopic (exact) mass is 387 g/mol. The van der Waals surface area contributed by atoms with Gasteiger partial charge >= 0.3 is 5.97 Å². The van der Waals surface area contributed by atoms with Crippen LogP contribution in [0.2, 0.25) is 0 Å². The Morgan fingerprint density at radius 2 is 1.83 bits per heavy atom. The van der Waals surface area contributed by atoms with Gasteiger partial charge in [0, 0.05) is 6.20 Å². The van der Waals surface area contributed by atoms with E-state index in [4.69, 9.17) is 0 Å². The number of amides is 1. The third-order valence-corrected chi connectivity index (χ3v) is 6.16. The molecule has 0 spiro atoms. The molecule has 2 N–H and O–H groups in total. The molecule has 0 saturated heterocycles. The fourth-order valence-electron chi connectivity index (χ4n) is 4.86. The molecule has 6 nitrogen and oxygen atoms in total. The zero-order valence-corrected chi connectivity index (χ0v) is 15.7. The van der Waals surface area contributed by atoms with E-state index in [1.165, 1.54) is 10.8 Å². The van der Waals surface area contributed by atoms with Crippen LogP contribution in [0.5, 0.6) is 0 Å². The average Bonchev–Trinajstić information content (AvgIpc) is 3.44. The summed E-state index contributed by atoms with van der Waals surface area (Å²) in [4.78, 5) is 24.5. The molecular formula is C23H21N3O3. The van der Waals surface area contributed by atoms with Crippen LogP contribution in [0.3, 0.4) is 0 Å². The van der Waals surface area contributed by atoms with E-state index in [0.29, 0.717) is 12.2 Å². The van der Waals surface area contributed by atoms with Crippen molar-refractivity contribution in [1.82, 2.24) is 9.78 Å². The van der Waals surface area contributed by atoms with Crippen molar-refractivity contribution in [3.05, 3.63) is 72.6 Å². The number of fused-ring (bicyclic) bond motifs is 3. The zero-order chi connectivity index (χ0) is 20.0. The molecule has 0 radical (unpaired) electrons. The van der Waals surface area contributed by atoms with Crippen LogP contribution in [-0.2, 0) is 16.1 Å². The Kier molecular flexibility index (Phi) is 4.19. The minimum atomic E-state index is -0.895. The second kappa shape index (κ2) is 6.88. The van der Waals surface area contributed by atoms with Crippen LogP contribution in [0.15, 0.2) is 67.0 Å². The summed E-state index contributed by atoms with van der Waals surface area (Å²) in [5.41, 5.74) is 1.74. The van der Waals surface area contributed by atoms with Gasteiger partial charge in [-0.05, 0) is 34.6 Å². The van der Waals surface area contributed by atoms with Gasteiger partial charge in [0.25, 0.3) is 0 Å². The van der Waals surface area contributed by atoms with Crippen LogP contribution in [0.1, 0.15) is 12.0 Å². The maximum Gasteiger partial charge on any atom is 0.307 e. The topological polar surface area (TPSA) is 84.2 Å². The molecule has 2 aliphatic carbocycles. The molecular weight excluding hydrogens is 366 g/mol. The fraction of sp³-hybridized carbons (Fsp3) is 0.261. The van der Waals surface area contributed by atoms with Crippen molar-refractivity contribution in [2.75, 3.05) is 5.32 Å². The van der Waals surface area contributed by atoms with E-state index in [-0.39, 0.29) is 17.7 Å². The zero-order valence-electron chi connectivity index (χ0n) is 15.7. The van der Waals surface area contributed by atoms with Gasteiger partial charge in [-0.15, -0.1) is 0 Å². The highest BCUT2D eigenvalue weighted by Gasteiger charge is 2.51. The minimum absolute atomic E-state index is 0.00632. The standard InChI is InChI=1S/C23H21N3O3/c27-22(20-15-8-9-16(10-15)21(20)23(28)29)25-18-11-24-26(13-18)12-17-6-3-5-14-4-1-2-7-19(14)17/h1-9,11,13,15-16,20-21H,10,12H2,(H,25,27)(H,28,29)/t15-,16-,20-,21-/m0/s1. The summed E-state index contributed by atoms with van der Waals surface area (Å²) in [6.45, 7) is 0.589. The second-order valence-corrected chi connectivity index (χ2v) is 7.89. The lowest BCUT2D eigenvalue weighted by atomic mass is 9.82. The maximum absolute atomic E-state index is 12.8. The quantitative estimate of drug-likeness (QED) is 0.656. The van der Waals surface area contributed by atoms with Crippen LogP contribution in [-0.4, -0.2) is 26.8 Å². The highest BCUT2D eigenvalue weighted by molar-refractivity contribution is 5.96. The molecule has 29 heavy (non-hydrogen) atoms. The predicted molar refractivity (Wildman–Crippen MR) is 109 cm³/mol. The first-order valence-corrected chi connectivity index (χ1v) is 9.81. The minimum Gasteiger partial charge on any atom is -0.481 e. The molecule has 146 valence electrons. The van der Waals surface area contributed by atoms with E-state index < -0.39 is 17.8 Å². The third kappa shape index (κ3) is 3.10. The number of allylic oxidation sites excluding steroid dienone is 2. The number of anilines is 1. The maximum atomic E-state index is 12.8. The van der Waals surface area contributed by atoms with Crippen molar-refractivity contribution in [2.24, 2.45) is 23.7 Å². The SMILES string of the molecule is O=C(O)[C@@H]1[C@@H](C(=O)Nc2cnn(Cc3cccc4ccccc34)c2)[C@H]2C=C[C@H]1C2. The number of carboxylic acid groups (broad SMARTS) is 1. The highest BCUT2D eigenvalue weighted by Crippen LogP contribution is 2.48. The molecule has 1 aromatic heterocycles. The average molecular weight is 387 g/mol. The van der Waals surface area contributed by atoms with Crippen LogP contribution in [0.25, 0.3) is 10.8 Å². The third-order valence-electron chi connectivity index (χ3n) is 6.16. The van der Waals surface area contributed by atoms with E-state index >= 15 is 0 Å². The summed E-state index contributed by atoms with van der Waals surface area (Å²) in [6.07, 6.45) is 8.07. The molecule has 3 aromatic rings. The summed E-state index contributed by atoms with van der Waals surface area (Å²) in [5, 5.41) is 19.1. The van der Waals surface area contributed by atoms with Crippen molar-refractivity contribution in [2.45, 2.75) is 13.0 Å². The number of rotatable bonds is 5. The van der Waals surface area contributed by atoms with Crippen LogP contribution < -0.4 is 5.32 Å². The van der Waals surface area contributed by atoms with Gasteiger partial charge in [0.15, 0.2) is 0 Å². The van der Waals surface area contributed by atoms with E-state index in [9.17, 15) is 14.7 Å². The van der Waals surface area contributed by atoms with Crippen molar-refractivity contribution in [3.63, 3.8) is 0 Å². The summed E-state index contributed by atoms with van der Waals surface area (Å²) in [5.74, 6) is -2.33. The van der Waals surface area contributed by atoms with E-state index in [0.717, 1.165) is 12.0 Å². The van der Waals surface area contributed by atoms with E-state index in [1.807, 2.05) is 30.4 Å². The Hall–Kier alpha value is -3.41. The molecule has 2 aromatic carbocycles. The molecule has 1 saturated carbocycles. The molecule has 1 heterocycles. The second-order valence-electron chi connectivity index (χ2n) is 7.89. The Bertz CT molecular complexity index is 1130. The number of benzene rings is 2. The first-order chi connectivity index (χ1) is 14.1. The van der Waals surface area contributed by atoms with Gasteiger partial charge in [-0.1, -0.05) is 54.6 Å². The summed E-state index contributed by atoms with van der Waals surface area (Å²) < 4.78 is 1.78. The molecule has 0 aliphatic heterocycles. The van der Waals surface area contributed by atoms with Gasteiger partial charge in [0.1, 0.15) is 0 Å². The molecule has 0 unspecified atom stereocenters. The van der Waals surface area contributed by atoms with Gasteiger partial charge in [-0.3, -0.25) is 14.3 Å². The molecule has 6 heteroatoms.